The van der Waals surface area contributed by atoms with Crippen molar-refractivity contribution in [2.75, 3.05) is 6.54 Å². The third-order valence-electron chi connectivity index (χ3n) is 1.24. The van der Waals surface area contributed by atoms with Gasteiger partial charge in [0.05, 0.1) is 6.54 Å². The fraction of sp³-hybridized carbons (Fsp3) is 0.667. The van der Waals surface area contributed by atoms with Gasteiger partial charge in [-0.25, -0.2) is 0 Å². The van der Waals surface area contributed by atoms with Crippen molar-refractivity contribution in [2.24, 2.45) is 0 Å². The molecule has 0 aromatic carbocycles. The summed E-state index contributed by atoms with van der Waals surface area (Å²) in [6, 6.07) is 0. The Morgan fingerprint density at radius 2 is 2.31 bits per heavy atom. The molecular weight excluding hydrogens is 204 g/mol. The van der Waals surface area contributed by atoms with Crippen LogP contribution >= 0.6 is 11.6 Å². The second kappa shape index (κ2) is 3.97. The lowest BCUT2D eigenvalue weighted by Crippen LogP contribution is -2.13. The minimum Gasteiger partial charge on any atom is -0.331 e. The number of rotatable bonds is 4. The number of aromatic nitrogens is 2. The van der Waals surface area contributed by atoms with Crippen molar-refractivity contribution in [2.45, 2.75) is 18.9 Å². The van der Waals surface area contributed by atoms with Crippen LogP contribution in [0.25, 0.3) is 0 Å². The highest BCUT2D eigenvalue weighted by molar-refractivity contribution is 6.21. The van der Waals surface area contributed by atoms with Gasteiger partial charge in [0.25, 0.3) is 0 Å². The summed E-state index contributed by atoms with van der Waals surface area (Å²) in [7, 11) is 0. The number of hydrogen-bond acceptors (Lipinski definition) is 4. The molecule has 13 heavy (non-hydrogen) atoms. The lowest BCUT2D eigenvalue weighted by Gasteiger charge is -1.97. The second-order valence-electron chi connectivity index (χ2n) is 2.29. The van der Waals surface area contributed by atoms with Crippen LogP contribution in [0.1, 0.15) is 18.6 Å². The fourth-order valence-electron chi connectivity index (χ4n) is 0.678. The normalized spacial score (nSPS) is 12.0. The van der Waals surface area contributed by atoms with E-state index >= 15 is 0 Å². The van der Waals surface area contributed by atoms with Crippen molar-refractivity contribution in [3.63, 3.8) is 0 Å². The maximum atomic E-state index is 12.3. The summed E-state index contributed by atoms with van der Waals surface area (Å²) in [5.74, 6) is -0.709. The van der Waals surface area contributed by atoms with Gasteiger partial charge >= 0.3 is 11.3 Å². The lowest BCUT2D eigenvalue weighted by molar-refractivity contribution is 0.0550. The Morgan fingerprint density at radius 1 is 1.62 bits per heavy atom. The first-order valence-electron chi connectivity index (χ1n) is 3.64. The van der Waals surface area contributed by atoms with Gasteiger partial charge in [0, 0.05) is 0 Å². The number of nitrogens with one attached hydrogen (secondary N) is 1. The van der Waals surface area contributed by atoms with E-state index in [4.69, 9.17) is 0 Å². The van der Waals surface area contributed by atoms with Crippen LogP contribution < -0.4 is 5.32 Å². The van der Waals surface area contributed by atoms with E-state index in [1.807, 2.05) is 6.92 Å². The van der Waals surface area contributed by atoms with Crippen LogP contribution in [-0.4, -0.2) is 16.7 Å². The molecule has 0 fully saturated rings. The molecule has 0 spiro atoms. The summed E-state index contributed by atoms with van der Waals surface area (Å²) >= 11 is 4.66. The van der Waals surface area contributed by atoms with Crippen molar-refractivity contribution in [3.8, 4) is 0 Å². The number of alkyl halides is 3. The van der Waals surface area contributed by atoms with Crippen LogP contribution in [0, 0.1) is 0 Å². The van der Waals surface area contributed by atoms with Gasteiger partial charge in [-0.2, -0.15) is 13.8 Å². The van der Waals surface area contributed by atoms with Gasteiger partial charge < -0.3 is 9.84 Å². The molecule has 0 saturated heterocycles. The van der Waals surface area contributed by atoms with Crippen LogP contribution in [0.4, 0.5) is 8.78 Å². The zero-order chi connectivity index (χ0) is 9.90. The minimum absolute atomic E-state index is 0.164. The molecule has 1 heterocycles. The molecule has 0 amide bonds. The standard InChI is InChI=1S/C6H8ClF2N3O/c1-2-10-3-4-11-5(13-12-4)6(7,8)9/h10H,2-3H2,1H3. The summed E-state index contributed by atoms with van der Waals surface area (Å²) in [6.45, 7) is 2.85. The number of halogens is 3. The van der Waals surface area contributed by atoms with Gasteiger partial charge in [-0.15, -0.1) is 0 Å². The molecule has 0 aliphatic carbocycles. The number of nitrogens with zero attached hydrogens (tertiary/aromatic N) is 2. The van der Waals surface area contributed by atoms with E-state index < -0.39 is 11.3 Å². The summed E-state index contributed by atoms with van der Waals surface area (Å²) in [5, 5.41) is 2.58. The Balaban J connectivity index is 2.64. The first-order chi connectivity index (χ1) is 6.04. The highest BCUT2D eigenvalue weighted by Crippen LogP contribution is 2.30. The predicted octanol–water partition coefficient (Wildman–Crippen LogP) is 1.47. The summed E-state index contributed by atoms with van der Waals surface area (Å²) in [5.41, 5.74) is 0. The van der Waals surface area contributed by atoms with E-state index in [0.717, 1.165) is 0 Å². The Morgan fingerprint density at radius 3 is 2.77 bits per heavy atom. The van der Waals surface area contributed by atoms with Gasteiger partial charge in [-0.1, -0.05) is 12.1 Å². The Bertz CT molecular complexity index is 273. The molecule has 1 N–H and O–H groups in total. The van der Waals surface area contributed by atoms with E-state index in [1.165, 1.54) is 0 Å². The van der Waals surface area contributed by atoms with Crippen molar-refractivity contribution >= 4 is 11.6 Å². The molecule has 0 saturated carbocycles. The summed E-state index contributed by atoms with van der Waals surface area (Å²) in [6.07, 6.45) is 0. The van der Waals surface area contributed by atoms with Crippen molar-refractivity contribution in [1.29, 1.82) is 0 Å². The molecule has 4 nitrogen and oxygen atoms in total. The lowest BCUT2D eigenvalue weighted by atomic mass is 10.5. The molecule has 1 aromatic rings. The van der Waals surface area contributed by atoms with Crippen LogP contribution in [0.3, 0.4) is 0 Å². The molecule has 0 atom stereocenters. The van der Waals surface area contributed by atoms with Crippen LogP contribution in [0.5, 0.6) is 0 Å². The molecule has 1 rings (SSSR count). The summed E-state index contributed by atoms with van der Waals surface area (Å²) in [4.78, 5) is 3.40. The molecule has 0 unspecified atom stereocenters. The third-order valence-corrected chi connectivity index (χ3v) is 1.41. The van der Waals surface area contributed by atoms with Crippen molar-refractivity contribution in [1.82, 2.24) is 15.5 Å². The molecule has 0 aliphatic rings. The maximum absolute atomic E-state index is 12.3. The highest BCUT2D eigenvalue weighted by Gasteiger charge is 2.35. The highest BCUT2D eigenvalue weighted by atomic mass is 35.5. The topological polar surface area (TPSA) is 51.0 Å². The largest absolute Gasteiger partial charge is 0.400 e. The molecule has 0 radical (unpaired) electrons. The average molecular weight is 212 g/mol. The van der Waals surface area contributed by atoms with Crippen LogP contribution in [0.2, 0.25) is 0 Å². The fourth-order valence-corrected chi connectivity index (χ4v) is 0.754. The van der Waals surface area contributed by atoms with E-state index in [-0.39, 0.29) is 12.4 Å². The molecule has 7 heteroatoms. The Hall–Kier alpha value is -0.750. The van der Waals surface area contributed by atoms with Gasteiger partial charge in [0.1, 0.15) is 0 Å². The monoisotopic (exact) mass is 211 g/mol. The quantitative estimate of drug-likeness (QED) is 0.767. The first-order valence-corrected chi connectivity index (χ1v) is 4.02. The van der Waals surface area contributed by atoms with Crippen molar-refractivity contribution < 1.29 is 13.3 Å². The SMILES string of the molecule is CCNCc1noc(C(F)(F)Cl)n1. The zero-order valence-corrected chi connectivity index (χ0v) is 7.61. The molecule has 0 aliphatic heterocycles. The van der Waals surface area contributed by atoms with E-state index in [2.05, 4.69) is 31.6 Å². The summed E-state index contributed by atoms with van der Waals surface area (Å²) < 4.78 is 28.9. The predicted molar refractivity (Wildman–Crippen MR) is 41.4 cm³/mol. The first kappa shape index (κ1) is 10.3. The average Bonchev–Trinajstić information content (AvgIpc) is 2.47. The van der Waals surface area contributed by atoms with E-state index in [0.29, 0.717) is 6.54 Å². The van der Waals surface area contributed by atoms with Gasteiger partial charge in [0.15, 0.2) is 5.82 Å². The minimum atomic E-state index is -3.59. The Kier molecular flexibility index (Phi) is 3.16. The van der Waals surface area contributed by atoms with Gasteiger partial charge in [-0.3, -0.25) is 0 Å². The number of hydrogen-bond donors (Lipinski definition) is 1. The molecule has 0 bridgehead atoms. The smallest absolute Gasteiger partial charge is 0.331 e. The van der Waals surface area contributed by atoms with E-state index in [9.17, 15) is 8.78 Å². The van der Waals surface area contributed by atoms with Crippen LogP contribution in [0.15, 0.2) is 4.52 Å². The Labute approximate surface area is 78.3 Å². The van der Waals surface area contributed by atoms with E-state index in [1.54, 1.807) is 0 Å². The molecule has 74 valence electrons. The third kappa shape index (κ3) is 2.89. The van der Waals surface area contributed by atoms with Gasteiger partial charge in [-0.05, 0) is 18.1 Å². The molecule has 1 aromatic heterocycles. The second-order valence-corrected chi connectivity index (χ2v) is 2.77. The van der Waals surface area contributed by atoms with Gasteiger partial charge in [0.2, 0.25) is 0 Å². The maximum Gasteiger partial charge on any atom is 0.400 e. The molecular formula is C6H8ClF2N3O. The van der Waals surface area contributed by atoms with Crippen molar-refractivity contribution in [3.05, 3.63) is 11.7 Å². The van der Waals surface area contributed by atoms with Crippen LogP contribution in [-0.2, 0) is 11.9 Å². The zero-order valence-electron chi connectivity index (χ0n) is 6.85.